The zero-order chi connectivity index (χ0) is 19.0. The molecule has 27 heavy (non-hydrogen) atoms. The first-order valence-corrected chi connectivity index (χ1v) is 8.06. The Morgan fingerprint density at radius 2 is 2.07 bits per heavy atom. The second-order valence-electron chi connectivity index (χ2n) is 5.84. The second-order valence-corrected chi connectivity index (χ2v) is 5.84. The van der Waals surface area contributed by atoms with Crippen LogP contribution in [0.15, 0.2) is 36.8 Å². The van der Waals surface area contributed by atoms with Crippen molar-refractivity contribution in [2.24, 2.45) is 0 Å². The van der Waals surface area contributed by atoms with Gasteiger partial charge in [0.25, 0.3) is 0 Å². The SMILES string of the molecule is COc1cc(Nc2nc3c(cc2F)ncn3[C@@H](C)c2ccc(F)cn2)n[nH]1. The van der Waals surface area contributed by atoms with Crippen molar-refractivity contribution >= 4 is 22.8 Å². The zero-order valence-corrected chi connectivity index (χ0v) is 14.4. The first kappa shape index (κ1) is 16.9. The Kier molecular flexibility index (Phi) is 4.15. The van der Waals surface area contributed by atoms with E-state index >= 15 is 0 Å². The highest BCUT2D eigenvalue weighted by Crippen LogP contribution is 2.26. The molecule has 2 N–H and O–H groups in total. The summed E-state index contributed by atoms with van der Waals surface area (Å²) in [5.41, 5.74) is 1.49. The number of halogens is 2. The summed E-state index contributed by atoms with van der Waals surface area (Å²) in [5.74, 6) is -0.195. The van der Waals surface area contributed by atoms with Crippen molar-refractivity contribution in [3.05, 3.63) is 54.1 Å². The minimum atomic E-state index is -0.567. The number of hydrogen-bond acceptors (Lipinski definition) is 6. The summed E-state index contributed by atoms with van der Waals surface area (Å²) in [5, 5.41) is 9.42. The van der Waals surface area contributed by atoms with Gasteiger partial charge in [-0.1, -0.05) is 0 Å². The molecule has 4 rings (SSSR count). The highest BCUT2D eigenvalue weighted by Gasteiger charge is 2.17. The van der Waals surface area contributed by atoms with Crippen LogP contribution in [0.2, 0.25) is 0 Å². The molecule has 0 saturated heterocycles. The minimum Gasteiger partial charge on any atom is -0.481 e. The highest BCUT2D eigenvalue weighted by atomic mass is 19.1. The number of hydrogen-bond donors (Lipinski definition) is 2. The molecule has 0 aliphatic heterocycles. The van der Waals surface area contributed by atoms with Gasteiger partial charge in [0, 0.05) is 12.1 Å². The molecule has 8 nitrogen and oxygen atoms in total. The average molecular weight is 371 g/mol. The number of aromatic nitrogens is 6. The third kappa shape index (κ3) is 3.16. The summed E-state index contributed by atoms with van der Waals surface area (Å²) in [6.45, 7) is 1.87. The van der Waals surface area contributed by atoms with Gasteiger partial charge >= 0.3 is 0 Å². The fraction of sp³-hybridized carbons (Fsp3) is 0.176. The molecular weight excluding hydrogens is 356 g/mol. The number of anilines is 2. The Morgan fingerprint density at radius 1 is 1.22 bits per heavy atom. The van der Waals surface area contributed by atoms with Crippen molar-refractivity contribution in [1.82, 2.24) is 29.7 Å². The summed E-state index contributed by atoms with van der Waals surface area (Å²) >= 11 is 0. The lowest BCUT2D eigenvalue weighted by atomic mass is 10.2. The number of imidazole rings is 1. The van der Waals surface area contributed by atoms with E-state index in [0.717, 1.165) is 6.20 Å². The lowest BCUT2D eigenvalue weighted by molar-refractivity contribution is 0.397. The summed E-state index contributed by atoms with van der Waals surface area (Å²) in [6, 6.07) is 5.52. The van der Waals surface area contributed by atoms with E-state index in [0.29, 0.717) is 28.6 Å². The second kappa shape index (κ2) is 6.63. The van der Waals surface area contributed by atoms with Crippen molar-refractivity contribution in [3.8, 4) is 5.88 Å². The molecule has 0 amide bonds. The van der Waals surface area contributed by atoms with Gasteiger partial charge < -0.3 is 14.6 Å². The molecule has 4 aromatic heterocycles. The molecule has 0 fully saturated rings. The summed E-state index contributed by atoms with van der Waals surface area (Å²) < 4.78 is 34.2. The van der Waals surface area contributed by atoms with Gasteiger partial charge in [0.2, 0.25) is 5.88 Å². The number of fused-ring (bicyclic) bond motifs is 1. The van der Waals surface area contributed by atoms with Crippen LogP contribution in [0.25, 0.3) is 11.2 Å². The van der Waals surface area contributed by atoms with Gasteiger partial charge in [-0.3, -0.25) is 4.98 Å². The Hall–Kier alpha value is -3.56. The summed E-state index contributed by atoms with van der Waals surface area (Å²) in [7, 11) is 1.49. The van der Waals surface area contributed by atoms with Crippen LogP contribution in [0.5, 0.6) is 5.88 Å². The topological polar surface area (TPSA) is 93.5 Å². The van der Waals surface area contributed by atoms with Crippen LogP contribution in [0.4, 0.5) is 20.4 Å². The third-order valence-corrected chi connectivity index (χ3v) is 4.12. The predicted octanol–water partition coefficient (Wildman–Crippen LogP) is 3.19. The minimum absolute atomic E-state index is 0.00216. The quantitative estimate of drug-likeness (QED) is 0.560. The van der Waals surface area contributed by atoms with E-state index in [1.807, 2.05) is 6.92 Å². The van der Waals surface area contributed by atoms with Crippen molar-refractivity contribution in [2.45, 2.75) is 13.0 Å². The molecule has 0 unspecified atom stereocenters. The number of H-pyrrole nitrogens is 1. The number of aromatic amines is 1. The van der Waals surface area contributed by atoms with Gasteiger partial charge in [-0.25, -0.2) is 23.8 Å². The highest BCUT2D eigenvalue weighted by molar-refractivity contribution is 5.74. The molecule has 0 aliphatic carbocycles. The number of ether oxygens (including phenoxy) is 1. The van der Waals surface area contributed by atoms with E-state index in [-0.39, 0.29) is 11.9 Å². The molecule has 0 bridgehead atoms. The van der Waals surface area contributed by atoms with Crippen LogP contribution in [0.3, 0.4) is 0 Å². The van der Waals surface area contributed by atoms with Crippen molar-refractivity contribution in [3.63, 3.8) is 0 Å². The van der Waals surface area contributed by atoms with Crippen LogP contribution in [0.1, 0.15) is 18.7 Å². The van der Waals surface area contributed by atoms with Gasteiger partial charge in [0.1, 0.15) is 11.3 Å². The summed E-state index contributed by atoms with van der Waals surface area (Å²) in [4.78, 5) is 12.6. The van der Waals surface area contributed by atoms with Gasteiger partial charge in [-0.15, -0.1) is 0 Å². The van der Waals surface area contributed by atoms with Gasteiger partial charge in [-0.2, -0.15) is 5.10 Å². The maximum atomic E-state index is 14.4. The number of nitrogens with one attached hydrogen (secondary N) is 2. The largest absolute Gasteiger partial charge is 0.481 e. The van der Waals surface area contributed by atoms with Crippen LogP contribution in [-0.4, -0.2) is 36.8 Å². The fourth-order valence-corrected chi connectivity index (χ4v) is 2.68. The molecule has 4 heterocycles. The maximum absolute atomic E-state index is 14.4. The van der Waals surface area contributed by atoms with Crippen LogP contribution in [-0.2, 0) is 0 Å². The summed E-state index contributed by atoms with van der Waals surface area (Å²) in [6.07, 6.45) is 2.70. The molecule has 10 heteroatoms. The molecule has 4 aromatic rings. The number of pyridine rings is 2. The first-order valence-electron chi connectivity index (χ1n) is 8.06. The third-order valence-electron chi connectivity index (χ3n) is 4.12. The Bertz CT molecular complexity index is 1090. The average Bonchev–Trinajstić information content (AvgIpc) is 3.29. The Labute approximate surface area is 152 Å². The van der Waals surface area contributed by atoms with E-state index < -0.39 is 11.6 Å². The van der Waals surface area contributed by atoms with Crippen LogP contribution < -0.4 is 10.1 Å². The monoisotopic (exact) mass is 371 g/mol. The molecule has 0 aliphatic rings. The van der Waals surface area contributed by atoms with E-state index in [2.05, 4.69) is 30.5 Å². The van der Waals surface area contributed by atoms with Crippen LogP contribution in [0, 0.1) is 11.6 Å². The van der Waals surface area contributed by atoms with Crippen molar-refractivity contribution in [2.75, 3.05) is 12.4 Å². The molecule has 0 aromatic carbocycles. The van der Waals surface area contributed by atoms with E-state index in [1.54, 1.807) is 23.0 Å². The number of rotatable bonds is 5. The van der Waals surface area contributed by atoms with Crippen molar-refractivity contribution in [1.29, 1.82) is 0 Å². The van der Waals surface area contributed by atoms with E-state index in [1.165, 1.54) is 19.2 Å². The molecule has 1 atom stereocenters. The molecule has 0 saturated carbocycles. The van der Waals surface area contributed by atoms with Gasteiger partial charge in [-0.05, 0) is 19.1 Å². The molecule has 138 valence electrons. The number of nitrogens with zero attached hydrogens (tertiary/aromatic N) is 5. The van der Waals surface area contributed by atoms with Gasteiger partial charge in [0.05, 0.1) is 31.4 Å². The van der Waals surface area contributed by atoms with Crippen molar-refractivity contribution < 1.29 is 13.5 Å². The van der Waals surface area contributed by atoms with E-state index in [4.69, 9.17) is 4.74 Å². The fourth-order valence-electron chi connectivity index (χ4n) is 2.68. The van der Waals surface area contributed by atoms with Crippen LogP contribution >= 0.6 is 0 Å². The standard InChI is InChI=1S/C17H15F2N7O/c1-9(12-4-3-10(18)7-20-12)26-8-21-13-5-11(19)16(23-17(13)26)22-14-6-15(27-2)25-24-14/h3-9H,1-2H3,(H2,22,23,24,25)/t9-/m0/s1. The number of methoxy groups -OCH3 is 1. The Morgan fingerprint density at radius 3 is 2.78 bits per heavy atom. The predicted molar refractivity (Wildman–Crippen MR) is 93.9 cm³/mol. The lowest BCUT2D eigenvalue weighted by Gasteiger charge is -2.14. The molecule has 0 spiro atoms. The molecular formula is C17H15F2N7O. The first-order chi connectivity index (χ1) is 13.0. The Balaban J connectivity index is 1.71. The smallest absolute Gasteiger partial charge is 0.210 e. The lowest BCUT2D eigenvalue weighted by Crippen LogP contribution is -2.09. The zero-order valence-electron chi connectivity index (χ0n) is 14.4. The van der Waals surface area contributed by atoms with Gasteiger partial charge in [0.15, 0.2) is 23.1 Å². The molecule has 0 radical (unpaired) electrons. The normalized spacial score (nSPS) is 12.3. The van der Waals surface area contributed by atoms with E-state index in [9.17, 15) is 8.78 Å². The maximum Gasteiger partial charge on any atom is 0.210 e.